The number of hydrogen-bond acceptors (Lipinski definition) is 5. The van der Waals surface area contributed by atoms with Crippen molar-refractivity contribution in [2.45, 2.75) is 50.0 Å². The second-order valence-electron chi connectivity index (χ2n) is 12.4. The van der Waals surface area contributed by atoms with E-state index in [4.69, 9.17) is 23.2 Å². The van der Waals surface area contributed by atoms with Crippen molar-refractivity contribution in [1.29, 1.82) is 0 Å². The molecular weight excluding hydrogens is 591 g/mol. The first-order valence-corrected chi connectivity index (χ1v) is 16.1. The first kappa shape index (κ1) is 31.0. The van der Waals surface area contributed by atoms with Gasteiger partial charge >= 0.3 is 0 Å². The van der Waals surface area contributed by atoms with Crippen molar-refractivity contribution in [1.82, 2.24) is 9.80 Å². The van der Waals surface area contributed by atoms with E-state index < -0.39 is 11.2 Å². The number of benzene rings is 4. The summed E-state index contributed by atoms with van der Waals surface area (Å²) in [6, 6.07) is 30.8. The van der Waals surface area contributed by atoms with Crippen LogP contribution in [0, 0.1) is 0 Å². The van der Waals surface area contributed by atoms with E-state index >= 15 is 0 Å². The molecule has 2 N–H and O–H groups in total. The Kier molecular flexibility index (Phi) is 9.25. The molecule has 228 valence electrons. The molecule has 0 aromatic heterocycles. The molecule has 4 aromatic rings. The SMILES string of the molecule is O=C(c1ccc(CN2CCC(O)(c3ccc(Cl)cc3)CC2)cc1)c1ccc(CN2CCC(O)(c3ccc(Cl)cc3)CC2)cc1. The molecule has 0 unspecified atom stereocenters. The summed E-state index contributed by atoms with van der Waals surface area (Å²) in [6.45, 7) is 4.76. The van der Waals surface area contributed by atoms with Crippen LogP contribution in [-0.2, 0) is 24.3 Å². The quantitative estimate of drug-likeness (QED) is 0.202. The molecule has 2 saturated heterocycles. The second kappa shape index (κ2) is 13.1. The third-order valence-electron chi connectivity index (χ3n) is 9.37. The van der Waals surface area contributed by atoms with E-state index in [1.165, 1.54) is 0 Å². The molecule has 7 heteroatoms. The van der Waals surface area contributed by atoms with Gasteiger partial charge < -0.3 is 10.2 Å². The van der Waals surface area contributed by atoms with Crippen molar-refractivity contribution >= 4 is 29.0 Å². The molecule has 0 saturated carbocycles. The van der Waals surface area contributed by atoms with Gasteiger partial charge in [0.25, 0.3) is 0 Å². The number of nitrogens with zero attached hydrogens (tertiary/aromatic N) is 2. The summed E-state index contributed by atoms with van der Waals surface area (Å²) in [4.78, 5) is 17.9. The van der Waals surface area contributed by atoms with E-state index in [1.807, 2.05) is 97.1 Å². The van der Waals surface area contributed by atoms with Gasteiger partial charge in [0, 0.05) is 60.4 Å². The third-order valence-corrected chi connectivity index (χ3v) is 9.88. The summed E-state index contributed by atoms with van der Waals surface area (Å²) in [5.41, 5.74) is 3.87. The van der Waals surface area contributed by atoms with Crippen molar-refractivity contribution in [3.8, 4) is 0 Å². The summed E-state index contributed by atoms with van der Waals surface area (Å²) in [5, 5.41) is 23.7. The standard InChI is InChI=1S/C37H38Cl2N2O3/c38-33-13-9-31(10-14-33)36(43)17-21-40(22-18-36)25-27-1-5-29(6-2-27)35(42)30-7-3-28(4-8-30)26-41-23-19-37(44,20-24-41)32-11-15-34(39)16-12-32/h1-16,43-44H,17-26H2. The van der Waals surface area contributed by atoms with E-state index in [0.29, 0.717) is 46.9 Å². The van der Waals surface area contributed by atoms with Gasteiger partial charge in [-0.1, -0.05) is 96.0 Å². The molecule has 0 atom stereocenters. The van der Waals surface area contributed by atoms with Crippen LogP contribution in [0.4, 0.5) is 0 Å². The number of aliphatic hydroxyl groups is 2. The van der Waals surface area contributed by atoms with Gasteiger partial charge in [0.1, 0.15) is 0 Å². The number of rotatable bonds is 8. The lowest BCUT2D eigenvalue weighted by molar-refractivity contribution is -0.0280. The zero-order chi connectivity index (χ0) is 30.7. The van der Waals surface area contributed by atoms with E-state index in [0.717, 1.165) is 61.5 Å². The molecule has 4 aromatic carbocycles. The molecule has 0 bridgehead atoms. The number of piperidine rings is 2. The zero-order valence-corrected chi connectivity index (χ0v) is 26.3. The predicted molar refractivity (Wildman–Crippen MR) is 176 cm³/mol. The van der Waals surface area contributed by atoms with Gasteiger partial charge in [-0.25, -0.2) is 0 Å². The first-order valence-electron chi connectivity index (χ1n) is 15.3. The van der Waals surface area contributed by atoms with Crippen LogP contribution >= 0.6 is 23.2 Å². The van der Waals surface area contributed by atoms with Crippen molar-refractivity contribution in [3.05, 3.63) is 140 Å². The van der Waals surface area contributed by atoms with Gasteiger partial charge in [-0.2, -0.15) is 0 Å². The van der Waals surface area contributed by atoms with Crippen LogP contribution in [0.25, 0.3) is 0 Å². The summed E-state index contributed by atoms with van der Waals surface area (Å²) in [7, 11) is 0. The van der Waals surface area contributed by atoms with Crippen LogP contribution < -0.4 is 0 Å². The highest BCUT2D eigenvalue weighted by Gasteiger charge is 2.35. The Morgan fingerprint density at radius 1 is 0.545 bits per heavy atom. The molecule has 2 aliphatic rings. The number of hydrogen-bond donors (Lipinski definition) is 2. The van der Waals surface area contributed by atoms with Crippen LogP contribution in [0.5, 0.6) is 0 Å². The van der Waals surface area contributed by atoms with Crippen LogP contribution in [0.3, 0.4) is 0 Å². The number of carbonyl (C=O) groups excluding carboxylic acids is 1. The Balaban J connectivity index is 0.986. The van der Waals surface area contributed by atoms with Gasteiger partial charge in [0.15, 0.2) is 5.78 Å². The van der Waals surface area contributed by atoms with Gasteiger partial charge in [0.05, 0.1) is 11.2 Å². The molecule has 2 aliphatic heterocycles. The fourth-order valence-electron chi connectivity index (χ4n) is 6.47. The molecule has 0 aliphatic carbocycles. The summed E-state index contributed by atoms with van der Waals surface area (Å²) >= 11 is 12.0. The molecule has 0 spiro atoms. The Morgan fingerprint density at radius 3 is 1.18 bits per heavy atom. The Bertz CT molecular complexity index is 1440. The highest BCUT2D eigenvalue weighted by Crippen LogP contribution is 2.35. The minimum Gasteiger partial charge on any atom is -0.385 e. The molecular formula is C37H38Cl2N2O3. The van der Waals surface area contributed by atoms with Crippen molar-refractivity contribution < 1.29 is 15.0 Å². The lowest BCUT2D eigenvalue weighted by Crippen LogP contribution is -2.42. The zero-order valence-electron chi connectivity index (χ0n) is 24.8. The Labute approximate surface area is 269 Å². The van der Waals surface area contributed by atoms with Crippen molar-refractivity contribution in [3.63, 3.8) is 0 Å². The normalized spacial score (nSPS) is 18.6. The summed E-state index contributed by atoms with van der Waals surface area (Å²) in [6.07, 6.45) is 2.68. The average Bonchev–Trinajstić information content (AvgIpc) is 3.04. The molecule has 2 fully saturated rings. The predicted octanol–water partition coefficient (Wildman–Crippen LogP) is 7.19. The fourth-order valence-corrected chi connectivity index (χ4v) is 6.72. The molecule has 6 rings (SSSR count). The van der Waals surface area contributed by atoms with E-state index in [-0.39, 0.29) is 5.78 Å². The largest absolute Gasteiger partial charge is 0.385 e. The van der Waals surface area contributed by atoms with Gasteiger partial charge in [-0.15, -0.1) is 0 Å². The van der Waals surface area contributed by atoms with E-state index in [1.54, 1.807) is 0 Å². The maximum absolute atomic E-state index is 13.2. The Morgan fingerprint density at radius 2 is 0.864 bits per heavy atom. The van der Waals surface area contributed by atoms with Crippen LogP contribution in [0.1, 0.15) is 63.9 Å². The van der Waals surface area contributed by atoms with E-state index in [2.05, 4.69) is 9.80 Å². The monoisotopic (exact) mass is 628 g/mol. The minimum atomic E-state index is -0.815. The van der Waals surface area contributed by atoms with Crippen LogP contribution in [0.2, 0.25) is 10.0 Å². The molecule has 0 radical (unpaired) electrons. The summed E-state index contributed by atoms with van der Waals surface area (Å²) in [5.74, 6) is 0.0140. The highest BCUT2D eigenvalue weighted by molar-refractivity contribution is 6.30. The number of carbonyl (C=O) groups is 1. The third kappa shape index (κ3) is 7.10. The molecule has 2 heterocycles. The molecule has 44 heavy (non-hydrogen) atoms. The minimum absolute atomic E-state index is 0.0140. The number of halogens is 2. The van der Waals surface area contributed by atoms with Crippen LogP contribution in [0.15, 0.2) is 97.1 Å². The van der Waals surface area contributed by atoms with Crippen molar-refractivity contribution in [2.75, 3.05) is 26.2 Å². The van der Waals surface area contributed by atoms with Crippen LogP contribution in [-0.4, -0.2) is 52.0 Å². The second-order valence-corrected chi connectivity index (χ2v) is 13.2. The maximum Gasteiger partial charge on any atom is 0.193 e. The fraction of sp³-hybridized carbons (Fsp3) is 0.324. The molecule has 0 amide bonds. The van der Waals surface area contributed by atoms with Gasteiger partial charge in [-0.05, 0) is 72.2 Å². The lowest BCUT2D eigenvalue weighted by Gasteiger charge is -2.38. The highest BCUT2D eigenvalue weighted by atomic mass is 35.5. The Hall–Kier alpha value is -3.03. The van der Waals surface area contributed by atoms with Gasteiger partial charge in [0.2, 0.25) is 0 Å². The summed E-state index contributed by atoms with van der Waals surface area (Å²) < 4.78 is 0. The number of likely N-dealkylation sites (tertiary alicyclic amines) is 2. The lowest BCUT2D eigenvalue weighted by atomic mass is 9.84. The van der Waals surface area contributed by atoms with Gasteiger partial charge in [-0.3, -0.25) is 14.6 Å². The maximum atomic E-state index is 13.2. The van der Waals surface area contributed by atoms with Crippen molar-refractivity contribution in [2.24, 2.45) is 0 Å². The average molecular weight is 630 g/mol. The molecule has 5 nitrogen and oxygen atoms in total. The topological polar surface area (TPSA) is 64.0 Å². The number of ketones is 1. The smallest absolute Gasteiger partial charge is 0.193 e. The first-order chi connectivity index (χ1) is 21.2. The van der Waals surface area contributed by atoms with E-state index in [9.17, 15) is 15.0 Å².